The van der Waals surface area contributed by atoms with Crippen LogP contribution in [0, 0.1) is 0 Å². The molecule has 0 aromatic carbocycles. The summed E-state index contributed by atoms with van der Waals surface area (Å²) in [5.74, 6) is 0. The third-order valence-electron chi connectivity index (χ3n) is 2.53. The molecular formula is C10H14N2. The van der Waals surface area contributed by atoms with Gasteiger partial charge in [0.1, 0.15) is 0 Å². The molecular weight excluding hydrogens is 148 g/mol. The zero-order valence-corrected chi connectivity index (χ0v) is 7.38. The van der Waals surface area contributed by atoms with Crippen LogP contribution < -0.4 is 5.73 Å². The Hall–Kier alpha value is -0.890. The molecule has 1 aromatic heterocycles. The average Bonchev–Trinajstić information content (AvgIpc) is 2.85. The van der Waals surface area contributed by atoms with Gasteiger partial charge in [0.15, 0.2) is 0 Å². The number of hydrogen-bond donors (Lipinski definition) is 1. The van der Waals surface area contributed by atoms with E-state index in [9.17, 15) is 0 Å². The first-order valence-electron chi connectivity index (χ1n) is 4.49. The highest BCUT2D eigenvalue weighted by molar-refractivity contribution is 5.26. The van der Waals surface area contributed by atoms with Crippen LogP contribution in [0.5, 0.6) is 0 Å². The molecule has 0 bridgehead atoms. The summed E-state index contributed by atoms with van der Waals surface area (Å²) in [5.41, 5.74) is 8.35. The van der Waals surface area contributed by atoms with Gasteiger partial charge in [-0.25, -0.2) is 0 Å². The molecule has 1 fully saturated rings. The van der Waals surface area contributed by atoms with Gasteiger partial charge in [-0.2, -0.15) is 0 Å². The number of hydrogen-bond acceptors (Lipinski definition) is 2. The molecule has 0 amide bonds. The molecule has 1 saturated carbocycles. The van der Waals surface area contributed by atoms with Gasteiger partial charge >= 0.3 is 0 Å². The minimum Gasteiger partial charge on any atom is -0.320 e. The number of aromatic nitrogens is 1. The second kappa shape index (κ2) is 2.56. The van der Waals surface area contributed by atoms with E-state index in [1.807, 2.05) is 6.20 Å². The molecule has 2 nitrogen and oxygen atoms in total. The fourth-order valence-electron chi connectivity index (χ4n) is 1.36. The molecule has 1 heterocycles. The smallest absolute Gasteiger partial charge is 0.0605 e. The van der Waals surface area contributed by atoms with E-state index in [0.717, 1.165) is 25.0 Å². The third kappa shape index (κ3) is 1.23. The fraction of sp³-hybridized carbons (Fsp3) is 0.500. The summed E-state index contributed by atoms with van der Waals surface area (Å²) < 4.78 is 0. The summed E-state index contributed by atoms with van der Waals surface area (Å²) in [6.07, 6.45) is 5.10. The Kier molecular flexibility index (Phi) is 1.65. The highest BCUT2D eigenvalue weighted by Gasteiger charge is 2.41. The van der Waals surface area contributed by atoms with Gasteiger partial charge < -0.3 is 5.73 Å². The predicted octanol–water partition coefficient (Wildman–Crippen LogP) is 1.59. The van der Waals surface area contributed by atoms with E-state index in [0.29, 0.717) is 0 Å². The van der Waals surface area contributed by atoms with Crippen LogP contribution >= 0.6 is 0 Å². The van der Waals surface area contributed by atoms with Gasteiger partial charge in [-0.05, 0) is 37.0 Å². The molecule has 64 valence electrons. The van der Waals surface area contributed by atoms with Crippen molar-refractivity contribution in [2.45, 2.75) is 31.7 Å². The lowest BCUT2D eigenvalue weighted by Gasteiger charge is -2.08. The first-order chi connectivity index (χ1) is 5.74. The standard InChI is InChI=1S/C10H14N2/c1-2-8-3-6-12-9(7-8)10(11)4-5-10/h3,6-7H,2,4-5,11H2,1H3. The lowest BCUT2D eigenvalue weighted by Crippen LogP contribution is -2.20. The largest absolute Gasteiger partial charge is 0.320 e. The van der Waals surface area contributed by atoms with Gasteiger partial charge in [0.2, 0.25) is 0 Å². The van der Waals surface area contributed by atoms with E-state index < -0.39 is 0 Å². The molecule has 2 heteroatoms. The monoisotopic (exact) mass is 162 g/mol. The molecule has 1 aliphatic carbocycles. The topological polar surface area (TPSA) is 38.9 Å². The number of aryl methyl sites for hydroxylation is 1. The summed E-state index contributed by atoms with van der Waals surface area (Å²) in [5, 5.41) is 0. The third-order valence-corrected chi connectivity index (χ3v) is 2.53. The Morgan fingerprint density at radius 1 is 1.58 bits per heavy atom. The minimum absolute atomic E-state index is 0.0782. The van der Waals surface area contributed by atoms with E-state index in [-0.39, 0.29) is 5.54 Å². The molecule has 1 aromatic rings. The van der Waals surface area contributed by atoms with E-state index in [1.54, 1.807) is 0 Å². The van der Waals surface area contributed by atoms with Crippen molar-refractivity contribution in [3.8, 4) is 0 Å². The second-order valence-corrected chi connectivity index (χ2v) is 3.56. The molecule has 0 radical (unpaired) electrons. The van der Waals surface area contributed by atoms with Crippen molar-refractivity contribution >= 4 is 0 Å². The number of pyridine rings is 1. The van der Waals surface area contributed by atoms with Crippen LogP contribution in [0.4, 0.5) is 0 Å². The van der Waals surface area contributed by atoms with Gasteiger partial charge in [0.05, 0.1) is 11.2 Å². The van der Waals surface area contributed by atoms with Gasteiger partial charge in [-0.3, -0.25) is 4.98 Å². The lowest BCUT2D eigenvalue weighted by atomic mass is 10.1. The molecule has 0 saturated heterocycles. The van der Waals surface area contributed by atoms with E-state index in [2.05, 4.69) is 24.0 Å². The van der Waals surface area contributed by atoms with Gasteiger partial charge in [-0.15, -0.1) is 0 Å². The molecule has 0 atom stereocenters. The van der Waals surface area contributed by atoms with Gasteiger partial charge in [-0.1, -0.05) is 6.92 Å². The Labute approximate surface area is 72.8 Å². The van der Waals surface area contributed by atoms with Crippen LogP contribution in [0.1, 0.15) is 31.0 Å². The normalized spacial score (nSPS) is 19.2. The summed E-state index contributed by atoms with van der Waals surface area (Å²) >= 11 is 0. The molecule has 12 heavy (non-hydrogen) atoms. The Balaban J connectivity index is 2.32. The Morgan fingerprint density at radius 2 is 2.33 bits per heavy atom. The number of nitrogens with two attached hydrogens (primary N) is 1. The maximum Gasteiger partial charge on any atom is 0.0605 e. The van der Waals surface area contributed by atoms with Crippen LogP contribution in [0.25, 0.3) is 0 Å². The van der Waals surface area contributed by atoms with Gasteiger partial charge in [0, 0.05) is 6.20 Å². The predicted molar refractivity (Wildman–Crippen MR) is 48.7 cm³/mol. The van der Waals surface area contributed by atoms with Crippen molar-refractivity contribution in [1.82, 2.24) is 4.98 Å². The van der Waals surface area contributed by atoms with Crippen molar-refractivity contribution in [3.63, 3.8) is 0 Å². The Morgan fingerprint density at radius 3 is 2.92 bits per heavy atom. The zero-order valence-electron chi connectivity index (χ0n) is 7.38. The SMILES string of the molecule is CCc1ccnc(C2(N)CC2)c1. The quantitative estimate of drug-likeness (QED) is 0.717. The minimum atomic E-state index is -0.0782. The van der Waals surface area contributed by atoms with Crippen LogP contribution in [-0.2, 0) is 12.0 Å². The van der Waals surface area contributed by atoms with E-state index in [1.165, 1.54) is 5.56 Å². The lowest BCUT2D eigenvalue weighted by molar-refractivity contribution is 0.705. The summed E-state index contributed by atoms with van der Waals surface area (Å²) in [6.45, 7) is 2.15. The Bertz CT molecular complexity index is 290. The molecule has 0 spiro atoms. The maximum absolute atomic E-state index is 6.03. The van der Waals surface area contributed by atoms with Crippen LogP contribution in [-0.4, -0.2) is 4.98 Å². The van der Waals surface area contributed by atoms with E-state index in [4.69, 9.17) is 5.73 Å². The fourth-order valence-corrected chi connectivity index (χ4v) is 1.36. The first kappa shape index (κ1) is 7.74. The van der Waals surface area contributed by atoms with Gasteiger partial charge in [0.25, 0.3) is 0 Å². The molecule has 0 aliphatic heterocycles. The number of nitrogens with zero attached hydrogens (tertiary/aromatic N) is 1. The van der Waals surface area contributed by atoms with Crippen molar-refractivity contribution in [2.75, 3.05) is 0 Å². The van der Waals surface area contributed by atoms with Crippen molar-refractivity contribution in [2.24, 2.45) is 5.73 Å². The molecule has 1 aliphatic rings. The molecule has 0 unspecified atom stereocenters. The van der Waals surface area contributed by atoms with Crippen LogP contribution in [0.2, 0.25) is 0 Å². The molecule has 2 rings (SSSR count). The number of rotatable bonds is 2. The average molecular weight is 162 g/mol. The first-order valence-corrected chi connectivity index (χ1v) is 4.49. The second-order valence-electron chi connectivity index (χ2n) is 3.56. The summed E-state index contributed by atoms with van der Waals surface area (Å²) in [4.78, 5) is 4.30. The van der Waals surface area contributed by atoms with E-state index >= 15 is 0 Å². The summed E-state index contributed by atoms with van der Waals surface area (Å²) in [6, 6.07) is 4.18. The van der Waals surface area contributed by atoms with Crippen LogP contribution in [0.15, 0.2) is 18.3 Å². The molecule has 2 N–H and O–H groups in total. The van der Waals surface area contributed by atoms with Crippen molar-refractivity contribution < 1.29 is 0 Å². The summed E-state index contributed by atoms with van der Waals surface area (Å²) in [7, 11) is 0. The highest BCUT2D eigenvalue weighted by atomic mass is 14.9. The van der Waals surface area contributed by atoms with Crippen molar-refractivity contribution in [1.29, 1.82) is 0 Å². The van der Waals surface area contributed by atoms with Crippen molar-refractivity contribution in [3.05, 3.63) is 29.6 Å². The highest BCUT2D eigenvalue weighted by Crippen LogP contribution is 2.41. The van der Waals surface area contributed by atoms with Crippen LogP contribution in [0.3, 0.4) is 0 Å². The maximum atomic E-state index is 6.03. The zero-order chi connectivity index (χ0) is 8.60.